The zero-order valence-electron chi connectivity index (χ0n) is 14.9. The lowest BCUT2D eigenvalue weighted by Crippen LogP contribution is -2.25. The van der Waals surface area contributed by atoms with E-state index in [1.54, 1.807) is 0 Å². The van der Waals surface area contributed by atoms with Crippen LogP contribution in [0.3, 0.4) is 0 Å². The van der Waals surface area contributed by atoms with Crippen LogP contribution in [0.25, 0.3) is 0 Å². The minimum Gasteiger partial charge on any atom is -0.299 e. The molecule has 0 radical (unpaired) electrons. The number of carbonyl (C=O) groups is 1. The Kier molecular flexibility index (Phi) is 9.27. The number of rotatable bonds is 12. The molecule has 0 bridgehead atoms. The summed E-state index contributed by atoms with van der Waals surface area (Å²) in [6.07, 6.45) is 17.9. The van der Waals surface area contributed by atoms with Crippen LogP contribution in [-0.2, 0) is 4.79 Å². The second-order valence-corrected chi connectivity index (χ2v) is 7.83. The first-order valence-corrected chi connectivity index (χ1v) is 9.60. The van der Waals surface area contributed by atoms with Gasteiger partial charge in [-0.1, -0.05) is 85.0 Å². The second-order valence-electron chi connectivity index (χ2n) is 7.83. The average Bonchev–Trinajstić information content (AvgIpc) is 2.80. The fourth-order valence-corrected chi connectivity index (χ4v) is 3.88. The highest BCUT2D eigenvalue weighted by atomic mass is 16.1. The van der Waals surface area contributed by atoms with Crippen molar-refractivity contribution in [2.24, 2.45) is 11.3 Å². The molecule has 1 fully saturated rings. The summed E-state index contributed by atoms with van der Waals surface area (Å²) < 4.78 is 0. The van der Waals surface area contributed by atoms with Gasteiger partial charge in [0.1, 0.15) is 5.78 Å². The van der Waals surface area contributed by atoms with Crippen molar-refractivity contribution in [2.45, 2.75) is 111 Å². The van der Waals surface area contributed by atoms with Gasteiger partial charge in [-0.05, 0) is 24.7 Å². The molecular formula is C20H38O. The third-order valence-electron chi connectivity index (χ3n) is 5.42. The molecule has 0 spiro atoms. The van der Waals surface area contributed by atoms with E-state index in [1.807, 2.05) is 0 Å². The molecule has 1 aliphatic carbocycles. The van der Waals surface area contributed by atoms with Gasteiger partial charge < -0.3 is 0 Å². The fraction of sp³-hybridized carbons (Fsp3) is 0.950. The van der Waals surface area contributed by atoms with Gasteiger partial charge in [-0.3, -0.25) is 4.79 Å². The predicted molar refractivity (Wildman–Crippen MR) is 92.6 cm³/mol. The van der Waals surface area contributed by atoms with E-state index < -0.39 is 0 Å². The van der Waals surface area contributed by atoms with Gasteiger partial charge in [0.05, 0.1) is 0 Å². The Balaban J connectivity index is 1.93. The van der Waals surface area contributed by atoms with Crippen molar-refractivity contribution in [3.05, 3.63) is 0 Å². The highest BCUT2D eigenvalue weighted by molar-refractivity contribution is 5.82. The van der Waals surface area contributed by atoms with Crippen LogP contribution in [0.15, 0.2) is 0 Å². The summed E-state index contributed by atoms with van der Waals surface area (Å²) in [4.78, 5) is 12.3. The number of ketones is 1. The van der Waals surface area contributed by atoms with Crippen molar-refractivity contribution in [3.63, 3.8) is 0 Å². The second kappa shape index (κ2) is 10.4. The molecule has 0 aliphatic heterocycles. The van der Waals surface area contributed by atoms with E-state index in [1.165, 1.54) is 70.6 Å². The van der Waals surface area contributed by atoms with E-state index >= 15 is 0 Å². The topological polar surface area (TPSA) is 17.1 Å². The van der Waals surface area contributed by atoms with Gasteiger partial charge in [-0.15, -0.1) is 0 Å². The third kappa shape index (κ3) is 7.47. The lowest BCUT2D eigenvalue weighted by molar-refractivity contribution is -0.125. The van der Waals surface area contributed by atoms with Crippen LogP contribution >= 0.6 is 0 Å². The van der Waals surface area contributed by atoms with Crippen LogP contribution < -0.4 is 0 Å². The molecule has 0 aromatic heterocycles. The quantitative estimate of drug-likeness (QED) is 0.366. The van der Waals surface area contributed by atoms with Crippen LogP contribution in [0.4, 0.5) is 0 Å². The van der Waals surface area contributed by atoms with Gasteiger partial charge >= 0.3 is 0 Å². The predicted octanol–water partition coefficient (Wildman–Crippen LogP) is 6.69. The summed E-state index contributed by atoms with van der Waals surface area (Å²) in [5.41, 5.74) is 0.273. The number of unbranched alkanes of at least 4 members (excludes halogenated alkanes) is 9. The van der Waals surface area contributed by atoms with Crippen LogP contribution in [0.5, 0.6) is 0 Å². The van der Waals surface area contributed by atoms with Gasteiger partial charge in [0.25, 0.3) is 0 Å². The highest BCUT2D eigenvalue weighted by Crippen LogP contribution is 2.43. The molecule has 0 saturated heterocycles. The molecule has 21 heavy (non-hydrogen) atoms. The van der Waals surface area contributed by atoms with E-state index in [0.717, 1.165) is 19.3 Å². The molecule has 1 heteroatoms. The van der Waals surface area contributed by atoms with Crippen LogP contribution in [0.1, 0.15) is 111 Å². The summed E-state index contributed by atoms with van der Waals surface area (Å²) in [6, 6.07) is 0. The van der Waals surface area contributed by atoms with Gasteiger partial charge in [0.2, 0.25) is 0 Å². The highest BCUT2D eigenvalue weighted by Gasteiger charge is 2.38. The Morgan fingerprint density at radius 3 is 1.90 bits per heavy atom. The van der Waals surface area contributed by atoms with Crippen molar-refractivity contribution >= 4 is 5.78 Å². The molecule has 1 aliphatic rings. The largest absolute Gasteiger partial charge is 0.299 e. The standard InChI is InChI=1S/C20H38O/c1-4-5-6-7-8-9-10-11-12-13-16-19(21)18-15-14-17-20(18,2)3/h18H,4-17H2,1-3H3. The van der Waals surface area contributed by atoms with Crippen LogP contribution in [0, 0.1) is 11.3 Å². The van der Waals surface area contributed by atoms with Crippen molar-refractivity contribution < 1.29 is 4.79 Å². The zero-order chi connectivity index (χ0) is 15.6. The summed E-state index contributed by atoms with van der Waals surface area (Å²) in [5, 5.41) is 0. The monoisotopic (exact) mass is 294 g/mol. The normalized spacial score (nSPS) is 20.8. The first kappa shape index (κ1) is 18.7. The van der Waals surface area contributed by atoms with Gasteiger partial charge in [-0.25, -0.2) is 0 Å². The van der Waals surface area contributed by atoms with Crippen molar-refractivity contribution in [3.8, 4) is 0 Å². The summed E-state index contributed by atoms with van der Waals surface area (Å²) >= 11 is 0. The molecule has 0 N–H and O–H groups in total. The fourth-order valence-electron chi connectivity index (χ4n) is 3.88. The Morgan fingerprint density at radius 2 is 1.43 bits per heavy atom. The van der Waals surface area contributed by atoms with E-state index in [-0.39, 0.29) is 5.41 Å². The summed E-state index contributed by atoms with van der Waals surface area (Å²) in [6.45, 7) is 6.83. The van der Waals surface area contributed by atoms with Gasteiger partial charge in [0, 0.05) is 12.3 Å². The Labute approximate surface area is 133 Å². The van der Waals surface area contributed by atoms with E-state index in [0.29, 0.717) is 11.7 Å². The Bertz CT molecular complexity index is 280. The van der Waals surface area contributed by atoms with Crippen LogP contribution in [0.2, 0.25) is 0 Å². The maximum atomic E-state index is 12.3. The summed E-state index contributed by atoms with van der Waals surface area (Å²) in [7, 11) is 0. The Hall–Kier alpha value is -0.330. The lowest BCUT2D eigenvalue weighted by atomic mass is 9.78. The first-order valence-electron chi connectivity index (χ1n) is 9.60. The summed E-state index contributed by atoms with van der Waals surface area (Å²) in [5.74, 6) is 0.910. The molecule has 1 nitrogen and oxygen atoms in total. The minimum absolute atomic E-state index is 0.273. The van der Waals surface area contributed by atoms with Crippen molar-refractivity contribution in [1.82, 2.24) is 0 Å². The number of hydrogen-bond acceptors (Lipinski definition) is 1. The SMILES string of the molecule is CCCCCCCCCCCCC(=O)C1CCCC1(C)C. The van der Waals surface area contributed by atoms with Crippen LogP contribution in [-0.4, -0.2) is 5.78 Å². The van der Waals surface area contributed by atoms with E-state index in [2.05, 4.69) is 20.8 Å². The molecule has 124 valence electrons. The van der Waals surface area contributed by atoms with E-state index in [4.69, 9.17) is 0 Å². The van der Waals surface area contributed by atoms with Gasteiger partial charge in [-0.2, -0.15) is 0 Å². The van der Waals surface area contributed by atoms with Gasteiger partial charge in [0.15, 0.2) is 0 Å². The molecule has 1 unspecified atom stereocenters. The molecule has 1 rings (SSSR count). The molecule has 0 aromatic carbocycles. The molecule has 0 amide bonds. The molecule has 1 atom stereocenters. The smallest absolute Gasteiger partial charge is 0.136 e. The Morgan fingerprint density at radius 1 is 0.905 bits per heavy atom. The maximum absolute atomic E-state index is 12.3. The first-order chi connectivity index (χ1) is 10.1. The molecular weight excluding hydrogens is 256 g/mol. The molecule has 0 aromatic rings. The maximum Gasteiger partial charge on any atom is 0.136 e. The van der Waals surface area contributed by atoms with E-state index in [9.17, 15) is 4.79 Å². The number of hydrogen-bond donors (Lipinski definition) is 0. The third-order valence-corrected chi connectivity index (χ3v) is 5.42. The molecule has 1 saturated carbocycles. The molecule has 0 heterocycles. The number of Topliss-reactive ketones (excluding diaryl/α,β-unsaturated/α-hetero) is 1. The lowest BCUT2D eigenvalue weighted by Gasteiger charge is -2.25. The average molecular weight is 295 g/mol. The van der Waals surface area contributed by atoms with Crippen molar-refractivity contribution in [1.29, 1.82) is 0 Å². The number of carbonyl (C=O) groups excluding carboxylic acids is 1. The van der Waals surface area contributed by atoms with Crippen molar-refractivity contribution in [2.75, 3.05) is 0 Å². The minimum atomic E-state index is 0.273. The zero-order valence-corrected chi connectivity index (χ0v) is 14.9.